The number of carbonyl (C=O) groups excluding carboxylic acids is 1. The largest absolute Gasteiger partial charge is 0.352 e. The molecule has 0 aliphatic carbocycles. The molecule has 1 aromatic heterocycles. The number of nitrogens with one attached hydrogen (secondary N) is 1. The minimum atomic E-state index is -0.612. The highest BCUT2D eigenvalue weighted by atomic mass is 35.5. The van der Waals surface area contributed by atoms with Gasteiger partial charge >= 0.3 is 0 Å². The minimum absolute atomic E-state index is 0.0837. The van der Waals surface area contributed by atoms with Gasteiger partial charge in [0.05, 0.1) is 4.92 Å². The Labute approximate surface area is 117 Å². The highest BCUT2D eigenvalue weighted by Gasteiger charge is 2.15. The van der Waals surface area contributed by atoms with Gasteiger partial charge < -0.3 is 9.84 Å². The van der Waals surface area contributed by atoms with Crippen molar-refractivity contribution in [2.24, 2.45) is 0 Å². The maximum atomic E-state index is 11.8. The second-order valence-corrected chi connectivity index (χ2v) is 4.17. The van der Waals surface area contributed by atoms with Crippen molar-refractivity contribution in [1.82, 2.24) is 15.5 Å². The molecule has 0 spiro atoms. The van der Waals surface area contributed by atoms with Crippen LogP contribution in [0.2, 0.25) is 5.02 Å². The van der Waals surface area contributed by atoms with Gasteiger partial charge in [-0.05, 0) is 12.1 Å². The third-order valence-corrected chi connectivity index (χ3v) is 2.74. The molecule has 20 heavy (non-hydrogen) atoms. The molecular formula is C11H9ClN4O4. The molecule has 0 saturated carbocycles. The number of hydrogen-bond donors (Lipinski definition) is 1. The average Bonchev–Trinajstić information content (AvgIpc) is 2.91. The van der Waals surface area contributed by atoms with E-state index in [0.717, 1.165) is 0 Å². The minimum Gasteiger partial charge on any atom is -0.352 e. The third kappa shape index (κ3) is 3.29. The Hall–Kier alpha value is -2.48. The number of aromatic nitrogens is 2. The van der Waals surface area contributed by atoms with Crippen LogP contribution in [0.4, 0.5) is 5.69 Å². The van der Waals surface area contributed by atoms with Crippen molar-refractivity contribution in [1.29, 1.82) is 0 Å². The SMILES string of the molecule is O=C(NCCc1ncno1)c1ccc([N+](=O)[O-])c(Cl)c1. The molecule has 0 atom stereocenters. The van der Waals surface area contributed by atoms with Crippen LogP contribution in [0.3, 0.4) is 0 Å². The first kappa shape index (κ1) is 13.9. The van der Waals surface area contributed by atoms with Crippen LogP contribution in [0.1, 0.15) is 16.2 Å². The summed E-state index contributed by atoms with van der Waals surface area (Å²) in [7, 11) is 0. The highest BCUT2D eigenvalue weighted by Crippen LogP contribution is 2.24. The lowest BCUT2D eigenvalue weighted by atomic mass is 10.2. The molecule has 0 unspecified atom stereocenters. The zero-order valence-electron chi connectivity index (χ0n) is 10.1. The summed E-state index contributed by atoms with van der Waals surface area (Å²) in [6.07, 6.45) is 1.67. The molecule has 2 rings (SSSR count). The van der Waals surface area contributed by atoms with Crippen LogP contribution in [0.5, 0.6) is 0 Å². The molecule has 2 aromatic rings. The van der Waals surface area contributed by atoms with Crippen LogP contribution in [-0.2, 0) is 6.42 Å². The Morgan fingerprint density at radius 3 is 2.90 bits per heavy atom. The van der Waals surface area contributed by atoms with Gasteiger partial charge in [-0.2, -0.15) is 4.98 Å². The number of nitro groups is 1. The van der Waals surface area contributed by atoms with Gasteiger partial charge in [0.1, 0.15) is 5.02 Å². The average molecular weight is 297 g/mol. The molecule has 104 valence electrons. The molecule has 0 aliphatic heterocycles. The molecule has 0 saturated heterocycles. The Kier molecular flexibility index (Phi) is 4.26. The van der Waals surface area contributed by atoms with Crippen molar-refractivity contribution < 1.29 is 14.2 Å². The van der Waals surface area contributed by atoms with E-state index in [0.29, 0.717) is 18.9 Å². The number of hydrogen-bond acceptors (Lipinski definition) is 6. The summed E-state index contributed by atoms with van der Waals surface area (Å²) in [4.78, 5) is 25.6. The first-order valence-corrected chi connectivity index (χ1v) is 5.93. The Morgan fingerprint density at radius 2 is 2.30 bits per heavy atom. The lowest BCUT2D eigenvalue weighted by Gasteiger charge is -2.04. The van der Waals surface area contributed by atoms with Gasteiger partial charge in [0.15, 0.2) is 6.33 Å². The van der Waals surface area contributed by atoms with Crippen LogP contribution in [-0.4, -0.2) is 27.5 Å². The zero-order chi connectivity index (χ0) is 14.5. The van der Waals surface area contributed by atoms with Crippen molar-refractivity contribution in [2.75, 3.05) is 6.54 Å². The number of nitrogens with zero attached hydrogens (tertiary/aromatic N) is 3. The Bertz CT molecular complexity index is 629. The van der Waals surface area contributed by atoms with Gasteiger partial charge in [-0.15, -0.1) is 0 Å². The predicted molar refractivity (Wildman–Crippen MR) is 68.4 cm³/mol. The van der Waals surface area contributed by atoms with Gasteiger partial charge in [0.25, 0.3) is 11.6 Å². The first-order valence-electron chi connectivity index (χ1n) is 5.55. The Balaban J connectivity index is 1.95. The summed E-state index contributed by atoms with van der Waals surface area (Å²) in [6, 6.07) is 3.78. The van der Waals surface area contributed by atoms with Gasteiger partial charge in [-0.3, -0.25) is 14.9 Å². The van der Waals surface area contributed by atoms with E-state index < -0.39 is 4.92 Å². The molecule has 0 radical (unpaired) electrons. The molecule has 1 amide bonds. The van der Waals surface area contributed by atoms with Gasteiger partial charge in [-0.25, -0.2) is 0 Å². The fourth-order valence-corrected chi connectivity index (χ4v) is 1.74. The summed E-state index contributed by atoms with van der Waals surface area (Å²) < 4.78 is 4.77. The fraction of sp³-hybridized carbons (Fsp3) is 0.182. The second kappa shape index (κ2) is 6.11. The summed E-state index contributed by atoms with van der Waals surface area (Å²) >= 11 is 5.73. The van der Waals surface area contributed by atoms with E-state index in [1.165, 1.54) is 24.5 Å². The lowest BCUT2D eigenvalue weighted by molar-refractivity contribution is -0.384. The van der Waals surface area contributed by atoms with Crippen molar-refractivity contribution in [3.05, 3.63) is 51.1 Å². The van der Waals surface area contributed by atoms with Crippen LogP contribution < -0.4 is 5.32 Å². The number of halogens is 1. The molecule has 0 bridgehead atoms. The van der Waals surface area contributed by atoms with E-state index in [-0.39, 0.29) is 22.2 Å². The molecule has 1 heterocycles. The smallest absolute Gasteiger partial charge is 0.287 e. The quantitative estimate of drug-likeness (QED) is 0.662. The maximum Gasteiger partial charge on any atom is 0.287 e. The molecule has 0 fully saturated rings. The number of rotatable bonds is 5. The maximum absolute atomic E-state index is 11.8. The third-order valence-electron chi connectivity index (χ3n) is 2.44. The van der Waals surface area contributed by atoms with E-state index in [1.54, 1.807) is 0 Å². The lowest BCUT2D eigenvalue weighted by Crippen LogP contribution is -2.25. The first-order chi connectivity index (χ1) is 9.58. The van der Waals surface area contributed by atoms with E-state index in [9.17, 15) is 14.9 Å². The highest BCUT2D eigenvalue weighted by molar-refractivity contribution is 6.33. The normalized spacial score (nSPS) is 10.2. The molecule has 0 aliphatic rings. The summed E-state index contributed by atoms with van der Waals surface area (Å²) in [5.74, 6) is 0.0216. The topological polar surface area (TPSA) is 111 Å². The monoisotopic (exact) mass is 296 g/mol. The van der Waals surface area contributed by atoms with Crippen molar-refractivity contribution >= 4 is 23.2 Å². The van der Waals surface area contributed by atoms with Crippen molar-refractivity contribution in [2.45, 2.75) is 6.42 Å². The summed E-state index contributed by atoms with van der Waals surface area (Å²) in [5.41, 5.74) is 0.000190. The van der Waals surface area contributed by atoms with E-state index in [4.69, 9.17) is 16.1 Å². The van der Waals surface area contributed by atoms with Crippen LogP contribution >= 0.6 is 11.6 Å². The number of benzene rings is 1. The standard InChI is InChI=1S/C11H9ClN4O4/c12-8-5-7(1-2-9(8)16(18)19)11(17)13-4-3-10-14-6-15-20-10/h1-2,5-6H,3-4H2,(H,13,17). The van der Waals surface area contributed by atoms with Crippen LogP contribution in [0, 0.1) is 10.1 Å². The van der Waals surface area contributed by atoms with Crippen molar-refractivity contribution in [3.63, 3.8) is 0 Å². The van der Waals surface area contributed by atoms with Gasteiger partial charge in [-0.1, -0.05) is 16.8 Å². The predicted octanol–water partition coefficient (Wildman–Crippen LogP) is 1.60. The number of carbonyl (C=O) groups is 1. The molecule has 1 aromatic carbocycles. The Morgan fingerprint density at radius 1 is 1.50 bits per heavy atom. The van der Waals surface area contributed by atoms with Gasteiger partial charge in [0.2, 0.25) is 5.89 Å². The van der Waals surface area contributed by atoms with E-state index in [2.05, 4.69) is 15.5 Å². The fourth-order valence-electron chi connectivity index (χ4n) is 1.49. The number of nitro benzene ring substituents is 1. The molecule has 8 nitrogen and oxygen atoms in total. The number of amides is 1. The van der Waals surface area contributed by atoms with Crippen molar-refractivity contribution in [3.8, 4) is 0 Å². The zero-order valence-corrected chi connectivity index (χ0v) is 10.8. The summed E-state index contributed by atoms with van der Waals surface area (Å²) in [6.45, 7) is 0.301. The second-order valence-electron chi connectivity index (χ2n) is 3.76. The molecular weight excluding hydrogens is 288 g/mol. The van der Waals surface area contributed by atoms with Crippen LogP contribution in [0.15, 0.2) is 29.0 Å². The van der Waals surface area contributed by atoms with E-state index >= 15 is 0 Å². The van der Waals surface area contributed by atoms with Crippen LogP contribution in [0.25, 0.3) is 0 Å². The molecule has 1 N–H and O–H groups in total. The molecule has 9 heteroatoms. The van der Waals surface area contributed by atoms with Gasteiger partial charge in [0, 0.05) is 24.6 Å². The summed E-state index contributed by atoms with van der Waals surface area (Å²) in [5, 5.41) is 16.6. The van der Waals surface area contributed by atoms with E-state index in [1.807, 2.05) is 0 Å².